The predicted octanol–water partition coefficient (Wildman–Crippen LogP) is 5.47. The molecular formula is C18H30ClN. The smallest absolute Gasteiger partial charge is 0.0408 e. The molecule has 0 radical (unpaired) electrons. The van der Waals surface area contributed by atoms with E-state index in [-0.39, 0.29) is 0 Å². The van der Waals surface area contributed by atoms with Crippen LogP contribution in [0.1, 0.15) is 58.9 Å². The lowest BCUT2D eigenvalue weighted by molar-refractivity contribution is 0.223. The molecule has 20 heavy (non-hydrogen) atoms. The normalized spacial score (nSPS) is 14.5. The minimum atomic E-state index is 0.352. The zero-order valence-electron chi connectivity index (χ0n) is 13.5. The molecule has 0 bridgehead atoms. The van der Waals surface area contributed by atoms with Crippen molar-refractivity contribution in [1.82, 2.24) is 5.32 Å². The summed E-state index contributed by atoms with van der Waals surface area (Å²) < 4.78 is 0. The van der Waals surface area contributed by atoms with Crippen molar-refractivity contribution in [3.05, 3.63) is 34.9 Å². The molecule has 0 aliphatic heterocycles. The van der Waals surface area contributed by atoms with Crippen LogP contribution in [0.4, 0.5) is 0 Å². The molecule has 0 spiro atoms. The molecule has 1 nitrogen and oxygen atoms in total. The predicted molar refractivity (Wildman–Crippen MR) is 90.5 cm³/mol. The average molecular weight is 296 g/mol. The van der Waals surface area contributed by atoms with Crippen molar-refractivity contribution >= 4 is 11.6 Å². The summed E-state index contributed by atoms with van der Waals surface area (Å²) in [6, 6.07) is 8.89. The average Bonchev–Trinajstić information content (AvgIpc) is 2.42. The number of hydrogen-bond acceptors (Lipinski definition) is 1. The second-order valence-corrected chi connectivity index (χ2v) is 6.74. The van der Waals surface area contributed by atoms with Crippen LogP contribution in [-0.2, 0) is 6.42 Å². The van der Waals surface area contributed by atoms with Gasteiger partial charge in [-0.15, -0.1) is 0 Å². The van der Waals surface area contributed by atoms with E-state index in [1.165, 1.54) is 31.2 Å². The van der Waals surface area contributed by atoms with Gasteiger partial charge in [-0.1, -0.05) is 64.3 Å². The molecule has 0 aromatic heterocycles. The number of unbranched alkanes of at least 4 members (excludes halogenated alkanes) is 1. The summed E-state index contributed by atoms with van der Waals surface area (Å²) in [4.78, 5) is 0. The number of hydrogen-bond donors (Lipinski definition) is 1. The van der Waals surface area contributed by atoms with Gasteiger partial charge in [0.15, 0.2) is 0 Å². The molecule has 1 aromatic rings. The van der Waals surface area contributed by atoms with Gasteiger partial charge in [0.05, 0.1) is 0 Å². The fourth-order valence-corrected chi connectivity index (χ4v) is 2.93. The van der Waals surface area contributed by atoms with Gasteiger partial charge < -0.3 is 5.32 Å². The summed E-state index contributed by atoms with van der Waals surface area (Å²) in [6.07, 6.45) is 6.17. The summed E-state index contributed by atoms with van der Waals surface area (Å²) in [6.45, 7) is 10.1. The lowest BCUT2D eigenvalue weighted by Gasteiger charge is -2.34. The van der Waals surface area contributed by atoms with Crippen LogP contribution < -0.4 is 5.32 Å². The molecule has 0 fully saturated rings. The van der Waals surface area contributed by atoms with E-state index < -0.39 is 0 Å². The molecule has 1 aromatic carbocycles. The van der Waals surface area contributed by atoms with Crippen LogP contribution in [0.3, 0.4) is 0 Å². The van der Waals surface area contributed by atoms with Gasteiger partial charge in [-0.3, -0.25) is 0 Å². The summed E-state index contributed by atoms with van der Waals surface area (Å²) in [5.41, 5.74) is 1.71. The molecule has 0 heterocycles. The third-order valence-electron chi connectivity index (χ3n) is 4.16. The number of benzene rings is 1. The Morgan fingerprint density at radius 3 is 2.55 bits per heavy atom. The SMILES string of the molecule is CCCCC(CC)(CNC(C)C)Cc1cccc(Cl)c1. The van der Waals surface area contributed by atoms with E-state index in [1.54, 1.807) is 0 Å². The zero-order valence-corrected chi connectivity index (χ0v) is 14.3. The maximum absolute atomic E-state index is 6.13. The molecule has 1 unspecified atom stereocenters. The quantitative estimate of drug-likeness (QED) is 0.637. The second kappa shape index (κ2) is 8.69. The fourth-order valence-electron chi connectivity index (χ4n) is 2.72. The standard InChI is InChI=1S/C18H30ClN/c1-5-7-11-18(6-2,14-20-15(3)4)13-16-9-8-10-17(19)12-16/h8-10,12,15,20H,5-7,11,13-14H2,1-4H3. The maximum Gasteiger partial charge on any atom is 0.0408 e. The molecule has 0 saturated heterocycles. The minimum Gasteiger partial charge on any atom is -0.314 e. The van der Waals surface area contributed by atoms with Crippen LogP contribution in [-0.4, -0.2) is 12.6 Å². The molecule has 1 rings (SSSR count). The van der Waals surface area contributed by atoms with E-state index in [0.29, 0.717) is 11.5 Å². The third kappa shape index (κ3) is 5.85. The van der Waals surface area contributed by atoms with Crippen LogP contribution >= 0.6 is 11.6 Å². The third-order valence-corrected chi connectivity index (χ3v) is 4.40. The molecule has 0 aliphatic carbocycles. The highest BCUT2D eigenvalue weighted by Crippen LogP contribution is 2.33. The Bertz CT molecular complexity index is 389. The lowest BCUT2D eigenvalue weighted by Crippen LogP contribution is -2.39. The Morgan fingerprint density at radius 2 is 2.00 bits per heavy atom. The van der Waals surface area contributed by atoms with E-state index >= 15 is 0 Å². The van der Waals surface area contributed by atoms with Gasteiger partial charge >= 0.3 is 0 Å². The largest absolute Gasteiger partial charge is 0.314 e. The van der Waals surface area contributed by atoms with Crippen molar-refractivity contribution in [3.63, 3.8) is 0 Å². The van der Waals surface area contributed by atoms with Crippen LogP contribution in [0.2, 0.25) is 5.02 Å². The summed E-state index contributed by atoms with van der Waals surface area (Å²) in [7, 11) is 0. The monoisotopic (exact) mass is 295 g/mol. The Morgan fingerprint density at radius 1 is 1.25 bits per heavy atom. The van der Waals surface area contributed by atoms with Gasteiger partial charge in [0.2, 0.25) is 0 Å². The van der Waals surface area contributed by atoms with Gasteiger partial charge in [0.25, 0.3) is 0 Å². The summed E-state index contributed by atoms with van der Waals surface area (Å²) in [5, 5.41) is 4.50. The first-order valence-electron chi connectivity index (χ1n) is 7.99. The molecule has 1 atom stereocenters. The molecule has 0 aliphatic rings. The second-order valence-electron chi connectivity index (χ2n) is 6.30. The Balaban J connectivity index is 2.83. The first kappa shape index (κ1) is 17.5. The van der Waals surface area contributed by atoms with Gasteiger partial charge in [-0.2, -0.15) is 0 Å². The zero-order chi connectivity index (χ0) is 15.0. The lowest BCUT2D eigenvalue weighted by atomic mass is 9.75. The highest BCUT2D eigenvalue weighted by Gasteiger charge is 2.28. The molecular weight excluding hydrogens is 266 g/mol. The molecule has 0 amide bonds. The molecule has 2 heteroatoms. The topological polar surface area (TPSA) is 12.0 Å². The van der Waals surface area contributed by atoms with Crippen LogP contribution in [0.15, 0.2) is 24.3 Å². The fraction of sp³-hybridized carbons (Fsp3) is 0.667. The number of halogens is 1. The van der Waals surface area contributed by atoms with E-state index in [9.17, 15) is 0 Å². The van der Waals surface area contributed by atoms with Crippen molar-refractivity contribution < 1.29 is 0 Å². The van der Waals surface area contributed by atoms with Crippen molar-refractivity contribution in [2.45, 2.75) is 65.8 Å². The molecule has 1 N–H and O–H groups in total. The molecule has 114 valence electrons. The maximum atomic E-state index is 6.13. The van der Waals surface area contributed by atoms with Crippen molar-refractivity contribution in [1.29, 1.82) is 0 Å². The van der Waals surface area contributed by atoms with Crippen molar-refractivity contribution in [3.8, 4) is 0 Å². The van der Waals surface area contributed by atoms with E-state index in [4.69, 9.17) is 11.6 Å². The Labute approximate surface area is 130 Å². The first-order chi connectivity index (χ1) is 9.51. The molecule has 0 saturated carbocycles. The minimum absolute atomic E-state index is 0.352. The van der Waals surface area contributed by atoms with Gasteiger partial charge in [0, 0.05) is 17.6 Å². The van der Waals surface area contributed by atoms with E-state index in [0.717, 1.165) is 18.0 Å². The van der Waals surface area contributed by atoms with Crippen molar-refractivity contribution in [2.24, 2.45) is 5.41 Å². The van der Waals surface area contributed by atoms with Crippen LogP contribution in [0.5, 0.6) is 0 Å². The van der Waals surface area contributed by atoms with Crippen molar-refractivity contribution in [2.75, 3.05) is 6.54 Å². The summed E-state index contributed by atoms with van der Waals surface area (Å²) >= 11 is 6.13. The van der Waals surface area contributed by atoms with Gasteiger partial charge in [0.1, 0.15) is 0 Å². The van der Waals surface area contributed by atoms with Gasteiger partial charge in [-0.25, -0.2) is 0 Å². The highest BCUT2D eigenvalue weighted by molar-refractivity contribution is 6.30. The Hall–Kier alpha value is -0.530. The van der Waals surface area contributed by atoms with Crippen LogP contribution in [0, 0.1) is 5.41 Å². The highest BCUT2D eigenvalue weighted by atomic mass is 35.5. The number of rotatable bonds is 9. The number of nitrogens with one attached hydrogen (secondary N) is 1. The first-order valence-corrected chi connectivity index (χ1v) is 8.37. The van der Waals surface area contributed by atoms with Gasteiger partial charge in [-0.05, 0) is 42.4 Å². The van der Waals surface area contributed by atoms with E-state index in [2.05, 4.69) is 51.2 Å². The Kier molecular flexibility index (Phi) is 7.61. The van der Waals surface area contributed by atoms with Crippen LogP contribution in [0.25, 0.3) is 0 Å². The van der Waals surface area contributed by atoms with E-state index in [1.807, 2.05) is 6.07 Å². The summed E-state index contributed by atoms with van der Waals surface area (Å²) in [5.74, 6) is 0.